The monoisotopic (exact) mass is 630 g/mol. The van der Waals surface area contributed by atoms with Crippen LogP contribution in [0.1, 0.15) is 40.2 Å². The number of nitrogens with one attached hydrogen (secondary N) is 2. The second-order valence-electron chi connectivity index (χ2n) is 9.08. The number of hydrogen-bond acceptors (Lipinski definition) is 7. The number of aromatic amines is 2. The zero-order valence-corrected chi connectivity index (χ0v) is 21.9. The molecule has 2 heterocycles. The number of benzene rings is 2. The molecule has 3 aromatic rings. The van der Waals surface area contributed by atoms with Gasteiger partial charge in [-0.2, -0.15) is 31.4 Å². The quantitative estimate of drug-likeness (QED) is 0.203. The van der Waals surface area contributed by atoms with Crippen molar-refractivity contribution < 1.29 is 59.1 Å². The normalized spacial score (nSPS) is 19.6. The van der Waals surface area contributed by atoms with Crippen LogP contribution in [0.5, 0.6) is 0 Å². The topological polar surface area (TPSA) is 150 Å². The lowest BCUT2D eigenvalue weighted by molar-refractivity contribution is -0.238. The fourth-order valence-electron chi connectivity index (χ4n) is 4.29. The lowest BCUT2D eigenvalue weighted by atomic mass is 10.00. The zero-order chi connectivity index (χ0) is 30.9. The van der Waals surface area contributed by atoms with Crippen molar-refractivity contribution in [1.82, 2.24) is 20.1 Å². The molecular weight excluding hydrogens is 608 g/mol. The van der Waals surface area contributed by atoms with E-state index in [0.29, 0.717) is 17.7 Å². The molecule has 1 saturated heterocycles. The van der Waals surface area contributed by atoms with E-state index >= 15 is 0 Å². The summed E-state index contributed by atoms with van der Waals surface area (Å²) < 4.78 is 122. The van der Waals surface area contributed by atoms with E-state index in [2.05, 4.69) is 19.7 Å². The summed E-state index contributed by atoms with van der Waals surface area (Å²) in [5.74, 6) is -0.463. The summed E-state index contributed by atoms with van der Waals surface area (Å²) in [5.41, 5.74) is -4.44. The van der Waals surface area contributed by atoms with E-state index in [-0.39, 0.29) is 31.6 Å². The molecule has 42 heavy (non-hydrogen) atoms. The molecule has 0 radical (unpaired) electrons. The number of ether oxygens (including phenoxy) is 2. The maximum absolute atomic E-state index is 13.7. The first-order chi connectivity index (χ1) is 19.5. The van der Waals surface area contributed by atoms with Crippen molar-refractivity contribution in [2.24, 2.45) is 0 Å². The number of H-pyrrole nitrogens is 2. The fourth-order valence-corrected chi connectivity index (χ4v) is 4.62. The number of aromatic nitrogens is 3. The van der Waals surface area contributed by atoms with E-state index in [9.17, 15) is 49.9 Å². The summed E-state index contributed by atoms with van der Waals surface area (Å²) >= 11 is 0. The van der Waals surface area contributed by atoms with Gasteiger partial charge in [0.15, 0.2) is 6.29 Å². The number of phosphoric acid groups is 1. The van der Waals surface area contributed by atoms with Gasteiger partial charge < -0.3 is 19.3 Å². The molecule has 1 fully saturated rings. The van der Waals surface area contributed by atoms with Crippen molar-refractivity contribution in [3.8, 4) is 0 Å². The predicted molar refractivity (Wildman–Crippen MR) is 127 cm³/mol. The molecular formula is C23H22F7N4O7P. The van der Waals surface area contributed by atoms with E-state index in [1.165, 1.54) is 12.1 Å². The van der Waals surface area contributed by atoms with Gasteiger partial charge in [0.1, 0.15) is 17.7 Å². The van der Waals surface area contributed by atoms with Crippen LogP contribution < -0.4 is 5.69 Å². The van der Waals surface area contributed by atoms with Gasteiger partial charge in [-0.3, -0.25) is 14.4 Å². The SMILES string of the molecule is O=c1[nH]nc(CN2CCO[C@H](O[C@H](COP(=O)(O)O)c3cc(C(F)(F)F)cc(C(F)(F)F)c3)[C@@H]2c2ccc(F)cc2)[nH]1. The Balaban J connectivity index is 1.76. The molecule has 0 aliphatic carbocycles. The highest BCUT2D eigenvalue weighted by molar-refractivity contribution is 7.46. The fraction of sp³-hybridized carbons (Fsp3) is 0.391. The minimum Gasteiger partial charge on any atom is -0.349 e. The lowest BCUT2D eigenvalue weighted by Gasteiger charge is -2.42. The number of morpholine rings is 1. The maximum Gasteiger partial charge on any atom is 0.469 e. The number of alkyl halides is 6. The van der Waals surface area contributed by atoms with Gasteiger partial charge in [0.2, 0.25) is 0 Å². The molecule has 19 heteroatoms. The summed E-state index contributed by atoms with van der Waals surface area (Å²) in [7, 11) is -5.28. The average Bonchev–Trinajstić information content (AvgIpc) is 3.30. The smallest absolute Gasteiger partial charge is 0.349 e. The molecule has 4 N–H and O–H groups in total. The molecule has 11 nitrogen and oxygen atoms in total. The molecule has 3 atom stereocenters. The molecule has 1 aliphatic heterocycles. The third-order valence-corrected chi connectivity index (χ3v) is 6.59. The zero-order valence-electron chi connectivity index (χ0n) is 21.0. The van der Waals surface area contributed by atoms with Crippen molar-refractivity contribution in [2.75, 3.05) is 19.8 Å². The van der Waals surface area contributed by atoms with Gasteiger partial charge in [0.05, 0.1) is 36.9 Å². The number of phosphoric ester groups is 1. The maximum atomic E-state index is 13.7. The number of rotatable bonds is 9. The number of halogens is 7. The van der Waals surface area contributed by atoms with Crippen LogP contribution in [0.3, 0.4) is 0 Å². The van der Waals surface area contributed by atoms with Crippen molar-refractivity contribution in [3.05, 3.63) is 86.8 Å². The Morgan fingerprint density at radius 1 is 1.07 bits per heavy atom. The van der Waals surface area contributed by atoms with Crippen LogP contribution in [0, 0.1) is 5.82 Å². The van der Waals surface area contributed by atoms with Gasteiger partial charge >= 0.3 is 25.9 Å². The Morgan fingerprint density at radius 3 is 2.21 bits per heavy atom. The van der Waals surface area contributed by atoms with Crippen molar-refractivity contribution >= 4 is 7.82 Å². The van der Waals surface area contributed by atoms with Crippen molar-refractivity contribution in [1.29, 1.82) is 0 Å². The second-order valence-corrected chi connectivity index (χ2v) is 10.3. The highest BCUT2D eigenvalue weighted by Gasteiger charge is 2.40. The Morgan fingerprint density at radius 2 is 1.69 bits per heavy atom. The van der Waals surface area contributed by atoms with Crippen LogP contribution >= 0.6 is 7.82 Å². The highest BCUT2D eigenvalue weighted by Crippen LogP contribution is 2.42. The third kappa shape index (κ3) is 8.25. The Hall–Kier alpha value is -3.12. The van der Waals surface area contributed by atoms with E-state index in [1.807, 2.05) is 0 Å². The molecule has 2 aromatic carbocycles. The van der Waals surface area contributed by atoms with Gasteiger partial charge in [-0.25, -0.2) is 18.8 Å². The number of nitrogens with zero attached hydrogens (tertiary/aromatic N) is 2. The summed E-state index contributed by atoms with van der Waals surface area (Å²) in [6.07, 6.45) is -13.9. The van der Waals surface area contributed by atoms with Gasteiger partial charge in [-0.15, -0.1) is 0 Å². The molecule has 1 aromatic heterocycles. The molecule has 0 spiro atoms. The van der Waals surface area contributed by atoms with E-state index in [1.54, 1.807) is 4.90 Å². The van der Waals surface area contributed by atoms with Crippen molar-refractivity contribution in [2.45, 2.75) is 37.3 Å². The molecule has 0 bridgehead atoms. The first-order valence-electron chi connectivity index (χ1n) is 11.9. The Labute approximate surface area is 231 Å². The van der Waals surface area contributed by atoms with Crippen molar-refractivity contribution in [3.63, 3.8) is 0 Å². The van der Waals surface area contributed by atoms with E-state index in [0.717, 1.165) is 12.1 Å². The second kappa shape index (κ2) is 12.2. The minimum absolute atomic E-state index is 0.0601. The Kier molecular flexibility index (Phi) is 9.27. The van der Waals surface area contributed by atoms with Gasteiger partial charge in [0.25, 0.3) is 0 Å². The van der Waals surface area contributed by atoms with Gasteiger partial charge in [-0.05, 0) is 41.5 Å². The lowest BCUT2D eigenvalue weighted by Crippen LogP contribution is -2.47. The van der Waals surface area contributed by atoms with Gasteiger partial charge in [0, 0.05) is 6.54 Å². The van der Waals surface area contributed by atoms with Crippen LogP contribution in [0.4, 0.5) is 30.7 Å². The first-order valence-corrected chi connectivity index (χ1v) is 13.4. The summed E-state index contributed by atoms with van der Waals surface area (Å²) in [6.45, 7) is -1.18. The molecule has 4 rings (SSSR count). The van der Waals surface area contributed by atoms with Crippen LogP contribution in [0.25, 0.3) is 0 Å². The standard InChI is InChI=1S/C23H22F7N4O7P/c24-16-3-1-12(2-4-16)19-20(39-6-5-34(19)10-18-31-21(35)33-32-18)41-17(11-40-42(36,37)38)13-7-14(22(25,26)27)9-15(8-13)23(28,29)30/h1-4,7-9,17,19-20H,5-6,10-11H2,(H2,36,37,38)(H2,31,32,33,35)/t17-,19+,20-/m1/s1. The van der Waals surface area contributed by atoms with Gasteiger partial charge in [-0.1, -0.05) is 12.1 Å². The van der Waals surface area contributed by atoms with Crippen LogP contribution in [0.2, 0.25) is 0 Å². The Bertz CT molecular complexity index is 1440. The summed E-state index contributed by atoms with van der Waals surface area (Å²) in [4.78, 5) is 34.0. The summed E-state index contributed by atoms with van der Waals surface area (Å²) in [6, 6.07) is 4.38. The molecule has 0 unspecified atom stereocenters. The highest BCUT2D eigenvalue weighted by atomic mass is 31.2. The van der Waals surface area contributed by atoms with Crippen LogP contribution in [0.15, 0.2) is 47.3 Å². The minimum atomic E-state index is -5.28. The molecule has 0 saturated carbocycles. The summed E-state index contributed by atoms with van der Waals surface area (Å²) in [5, 5.41) is 5.99. The van der Waals surface area contributed by atoms with E-state index in [4.69, 9.17) is 9.47 Å². The average molecular weight is 630 g/mol. The molecule has 0 amide bonds. The third-order valence-electron chi connectivity index (χ3n) is 6.10. The first kappa shape index (κ1) is 31.8. The number of hydrogen-bond donors (Lipinski definition) is 4. The molecule has 230 valence electrons. The van der Waals surface area contributed by atoms with Crippen LogP contribution in [-0.4, -0.2) is 55.9 Å². The van der Waals surface area contributed by atoms with Crippen LogP contribution in [-0.2, 0) is 37.5 Å². The largest absolute Gasteiger partial charge is 0.469 e. The predicted octanol–water partition coefficient (Wildman–Crippen LogP) is 4.04. The van der Waals surface area contributed by atoms with E-state index < -0.39 is 73.4 Å². The molecule has 1 aliphatic rings.